The van der Waals surface area contributed by atoms with Gasteiger partial charge in [0.2, 0.25) is 17.7 Å². The van der Waals surface area contributed by atoms with E-state index in [1.54, 1.807) is 20.8 Å². The first kappa shape index (κ1) is 19.9. The zero-order valence-electron chi connectivity index (χ0n) is 17.6. The van der Waals surface area contributed by atoms with Crippen LogP contribution < -0.4 is 10.6 Å². The number of amides is 3. The molecule has 2 saturated heterocycles. The number of nitrogens with one attached hydrogen (secondary N) is 2. The molecule has 160 valence electrons. The highest BCUT2D eigenvalue weighted by atomic mass is 19.1. The van der Waals surface area contributed by atoms with Crippen molar-refractivity contribution in [3.8, 4) is 0 Å². The minimum Gasteiger partial charge on any atom is -0.324 e. The summed E-state index contributed by atoms with van der Waals surface area (Å²) in [5.74, 6) is -3.24. The van der Waals surface area contributed by atoms with E-state index in [0.29, 0.717) is 17.7 Å². The Hall–Kier alpha value is -3.06. The number of likely N-dealkylation sites (tertiary alicyclic amines) is 1. The number of rotatable bonds is 2. The van der Waals surface area contributed by atoms with Crippen LogP contribution in [0.5, 0.6) is 0 Å². The Kier molecular flexibility index (Phi) is 4.15. The Bertz CT molecular complexity index is 1110. The largest absolute Gasteiger partial charge is 0.324 e. The number of benzene rings is 2. The number of hydrogen-bond donors (Lipinski definition) is 2. The molecule has 4 atom stereocenters. The molecule has 3 amide bonds. The van der Waals surface area contributed by atoms with Crippen molar-refractivity contribution in [2.45, 2.75) is 44.3 Å². The predicted octanol–water partition coefficient (Wildman–Crippen LogP) is 2.59. The van der Waals surface area contributed by atoms with Crippen LogP contribution in [0.25, 0.3) is 0 Å². The van der Waals surface area contributed by atoms with Crippen LogP contribution in [0, 0.1) is 17.7 Å². The summed E-state index contributed by atoms with van der Waals surface area (Å²) in [7, 11) is 0. The van der Waals surface area contributed by atoms with Crippen molar-refractivity contribution in [1.29, 1.82) is 0 Å². The van der Waals surface area contributed by atoms with Gasteiger partial charge in [-0.05, 0) is 51.0 Å². The van der Waals surface area contributed by atoms with E-state index in [0.717, 1.165) is 5.56 Å². The lowest BCUT2D eigenvalue weighted by molar-refractivity contribution is -0.147. The average Bonchev–Trinajstić information content (AvgIpc) is 3.27. The number of nitrogens with zero attached hydrogens (tertiary/aromatic N) is 1. The molecular formula is C24H24FN3O3. The minimum atomic E-state index is -1.48. The van der Waals surface area contributed by atoms with Gasteiger partial charge in [-0.25, -0.2) is 4.39 Å². The monoisotopic (exact) mass is 421 g/mol. The van der Waals surface area contributed by atoms with Gasteiger partial charge in [0.15, 0.2) is 0 Å². The SMILES string of the molecule is CC(C)(C)N1C(=O)C2C(Cc3ccccc3)NC3(C(=O)Nc4ccc(F)cc43)C2C1=O. The molecule has 1 spiro atoms. The van der Waals surface area contributed by atoms with Gasteiger partial charge in [0.1, 0.15) is 11.4 Å². The molecule has 3 aliphatic rings. The summed E-state index contributed by atoms with van der Waals surface area (Å²) in [4.78, 5) is 41.8. The first-order valence-corrected chi connectivity index (χ1v) is 10.5. The van der Waals surface area contributed by atoms with Crippen molar-refractivity contribution in [2.24, 2.45) is 11.8 Å². The first-order valence-electron chi connectivity index (χ1n) is 10.5. The highest BCUT2D eigenvalue weighted by Crippen LogP contribution is 2.54. The van der Waals surface area contributed by atoms with Crippen LogP contribution in [0.3, 0.4) is 0 Å². The molecule has 4 unspecified atom stereocenters. The van der Waals surface area contributed by atoms with Crippen LogP contribution in [0.1, 0.15) is 31.9 Å². The van der Waals surface area contributed by atoms with Crippen LogP contribution in [-0.2, 0) is 26.3 Å². The molecule has 2 aromatic rings. The number of anilines is 1. The fourth-order valence-corrected chi connectivity index (χ4v) is 5.48. The van der Waals surface area contributed by atoms with Gasteiger partial charge in [0.05, 0.1) is 11.8 Å². The van der Waals surface area contributed by atoms with Crippen LogP contribution in [0.2, 0.25) is 0 Å². The summed E-state index contributed by atoms with van der Waals surface area (Å²) in [6.45, 7) is 5.41. The molecule has 2 aromatic carbocycles. The number of imide groups is 1. The van der Waals surface area contributed by atoms with Gasteiger partial charge in [0.25, 0.3) is 0 Å². The normalized spacial score (nSPS) is 29.5. The Balaban J connectivity index is 1.68. The highest BCUT2D eigenvalue weighted by molar-refractivity contribution is 6.15. The van der Waals surface area contributed by atoms with E-state index in [1.165, 1.54) is 23.1 Å². The third-order valence-electron chi connectivity index (χ3n) is 6.65. The van der Waals surface area contributed by atoms with Crippen molar-refractivity contribution < 1.29 is 18.8 Å². The molecule has 2 fully saturated rings. The minimum absolute atomic E-state index is 0.287. The first-order chi connectivity index (χ1) is 14.6. The van der Waals surface area contributed by atoms with Crippen LogP contribution in [-0.4, -0.2) is 34.2 Å². The fourth-order valence-electron chi connectivity index (χ4n) is 5.48. The van der Waals surface area contributed by atoms with E-state index >= 15 is 0 Å². The zero-order valence-corrected chi connectivity index (χ0v) is 17.6. The lowest BCUT2D eigenvalue weighted by Crippen LogP contribution is -2.56. The molecule has 7 heteroatoms. The quantitative estimate of drug-likeness (QED) is 0.731. The molecule has 2 N–H and O–H groups in total. The molecular weight excluding hydrogens is 397 g/mol. The van der Waals surface area contributed by atoms with Crippen molar-refractivity contribution in [1.82, 2.24) is 10.2 Å². The van der Waals surface area contributed by atoms with Crippen molar-refractivity contribution >= 4 is 23.4 Å². The van der Waals surface area contributed by atoms with E-state index in [-0.39, 0.29) is 5.91 Å². The smallest absolute Gasteiger partial charge is 0.250 e. The molecule has 0 bridgehead atoms. The maximum Gasteiger partial charge on any atom is 0.250 e. The van der Waals surface area contributed by atoms with E-state index in [4.69, 9.17) is 0 Å². The second kappa shape index (κ2) is 6.47. The van der Waals surface area contributed by atoms with Crippen LogP contribution in [0.15, 0.2) is 48.5 Å². The van der Waals surface area contributed by atoms with Crippen LogP contribution >= 0.6 is 0 Å². The van der Waals surface area contributed by atoms with E-state index < -0.39 is 46.6 Å². The maximum absolute atomic E-state index is 14.2. The number of fused-ring (bicyclic) bond motifs is 4. The molecule has 0 radical (unpaired) electrons. The number of carbonyl (C=O) groups is 3. The van der Waals surface area contributed by atoms with Gasteiger partial charge in [-0.3, -0.25) is 24.6 Å². The third kappa shape index (κ3) is 2.69. The number of halogens is 1. The Morgan fingerprint density at radius 3 is 2.42 bits per heavy atom. The number of carbonyl (C=O) groups excluding carboxylic acids is 3. The van der Waals surface area contributed by atoms with Crippen LogP contribution in [0.4, 0.5) is 10.1 Å². The van der Waals surface area contributed by atoms with Crippen molar-refractivity contribution in [2.75, 3.05) is 5.32 Å². The van der Waals surface area contributed by atoms with Gasteiger partial charge >= 0.3 is 0 Å². The molecule has 3 aliphatic heterocycles. The number of hydrogen-bond acceptors (Lipinski definition) is 4. The lowest BCUT2D eigenvalue weighted by Gasteiger charge is -2.34. The Labute approximate surface area is 179 Å². The maximum atomic E-state index is 14.2. The second-order valence-corrected chi connectivity index (χ2v) is 9.58. The van der Waals surface area contributed by atoms with Gasteiger partial charge < -0.3 is 5.32 Å². The average molecular weight is 421 g/mol. The molecule has 0 aromatic heterocycles. The summed E-state index contributed by atoms with van der Waals surface area (Å²) in [5.41, 5.74) is -0.360. The summed E-state index contributed by atoms with van der Waals surface area (Å²) < 4.78 is 14.2. The third-order valence-corrected chi connectivity index (χ3v) is 6.65. The Morgan fingerprint density at radius 2 is 1.74 bits per heavy atom. The van der Waals surface area contributed by atoms with E-state index in [1.807, 2.05) is 30.3 Å². The fraction of sp³-hybridized carbons (Fsp3) is 0.375. The molecule has 5 rings (SSSR count). The van der Waals surface area contributed by atoms with Crippen molar-refractivity contribution in [3.05, 3.63) is 65.5 Å². The second-order valence-electron chi connectivity index (χ2n) is 9.58. The van der Waals surface area contributed by atoms with E-state index in [9.17, 15) is 18.8 Å². The predicted molar refractivity (Wildman–Crippen MR) is 112 cm³/mol. The molecule has 0 aliphatic carbocycles. The summed E-state index contributed by atoms with van der Waals surface area (Å²) in [6, 6.07) is 13.2. The van der Waals surface area contributed by atoms with Gasteiger partial charge in [-0.1, -0.05) is 30.3 Å². The van der Waals surface area contributed by atoms with Gasteiger partial charge in [0, 0.05) is 22.8 Å². The zero-order chi connectivity index (χ0) is 22.1. The van der Waals surface area contributed by atoms with Gasteiger partial charge in [-0.15, -0.1) is 0 Å². The van der Waals surface area contributed by atoms with E-state index in [2.05, 4.69) is 10.6 Å². The molecule has 3 heterocycles. The van der Waals surface area contributed by atoms with Crippen molar-refractivity contribution in [3.63, 3.8) is 0 Å². The molecule has 31 heavy (non-hydrogen) atoms. The summed E-state index contributed by atoms with van der Waals surface area (Å²) in [6.07, 6.45) is 0.471. The Morgan fingerprint density at radius 1 is 1.03 bits per heavy atom. The lowest BCUT2D eigenvalue weighted by atomic mass is 9.76. The molecule has 0 saturated carbocycles. The van der Waals surface area contributed by atoms with Gasteiger partial charge in [-0.2, -0.15) is 0 Å². The summed E-state index contributed by atoms with van der Waals surface area (Å²) in [5, 5.41) is 6.13. The standard InChI is InChI=1S/C24H24FN3O3/c1-23(2,3)28-20(29)18-17(11-13-7-5-4-6-8-13)27-24(19(18)21(28)30)15-12-14(25)9-10-16(15)26-22(24)31/h4-10,12,17-19,27H,11H2,1-3H3,(H,26,31). The molecule has 6 nitrogen and oxygen atoms in total. The topological polar surface area (TPSA) is 78.5 Å². The summed E-state index contributed by atoms with van der Waals surface area (Å²) >= 11 is 0. The highest BCUT2D eigenvalue weighted by Gasteiger charge is 2.71.